The summed E-state index contributed by atoms with van der Waals surface area (Å²) >= 11 is 0. The summed E-state index contributed by atoms with van der Waals surface area (Å²) in [6.45, 7) is 6.86. The number of unbranched alkanes of at least 4 members (excludes halogenated alkanes) is 2. The molecule has 0 atom stereocenters. The Hall–Kier alpha value is -0.0431. The Labute approximate surface area is 60.6 Å². The van der Waals surface area contributed by atoms with Crippen LogP contribution in [0.1, 0.15) is 26.2 Å². The van der Waals surface area contributed by atoms with E-state index < -0.39 is 0 Å². The number of hydrogen-bond acceptors (Lipinski definition) is 0. The van der Waals surface area contributed by atoms with E-state index in [1.165, 1.54) is 19.3 Å². The first-order valence-corrected chi connectivity index (χ1v) is 6.31. The number of allylic oxidation sites excluding steroid dienone is 1. The molecule has 0 aromatic heterocycles. The SMILES string of the molecule is CCCCC=C[Si](C)C. The van der Waals surface area contributed by atoms with Crippen LogP contribution in [-0.2, 0) is 0 Å². The van der Waals surface area contributed by atoms with Crippen molar-refractivity contribution in [1.29, 1.82) is 0 Å². The monoisotopic (exact) mass is 141 g/mol. The van der Waals surface area contributed by atoms with Crippen LogP contribution in [0.3, 0.4) is 0 Å². The van der Waals surface area contributed by atoms with Crippen LogP contribution in [0.5, 0.6) is 0 Å². The van der Waals surface area contributed by atoms with Gasteiger partial charge < -0.3 is 0 Å². The Morgan fingerprint density at radius 1 is 1.33 bits per heavy atom. The molecule has 0 spiro atoms. The zero-order valence-corrected chi connectivity index (χ0v) is 7.78. The summed E-state index contributed by atoms with van der Waals surface area (Å²) in [7, 11) is -0.0957. The average Bonchev–Trinajstić information content (AvgIpc) is 1.80. The fourth-order valence-corrected chi connectivity index (χ4v) is 1.28. The maximum atomic E-state index is 2.38. The summed E-state index contributed by atoms with van der Waals surface area (Å²) in [6, 6.07) is 0. The molecule has 0 rings (SSSR count). The van der Waals surface area contributed by atoms with E-state index in [1.807, 2.05) is 0 Å². The van der Waals surface area contributed by atoms with Crippen LogP contribution in [-0.4, -0.2) is 8.80 Å². The molecule has 9 heavy (non-hydrogen) atoms. The van der Waals surface area contributed by atoms with Crippen LogP contribution in [0.15, 0.2) is 11.8 Å². The maximum absolute atomic E-state index is 2.38. The van der Waals surface area contributed by atoms with Gasteiger partial charge in [-0.2, -0.15) is 0 Å². The van der Waals surface area contributed by atoms with Crippen LogP contribution in [0, 0.1) is 0 Å². The highest BCUT2D eigenvalue weighted by atomic mass is 28.3. The molecule has 0 nitrogen and oxygen atoms in total. The minimum Gasteiger partial charge on any atom is -0.101 e. The summed E-state index contributed by atoms with van der Waals surface area (Å²) in [5.74, 6) is 0. The van der Waals surface area contributed by atoms with Gasteiger partial charge in [0, 0.05) is 0 Å². The van der Waals surface area contributed by atoms with Crippen LogP contribution in [0.2, 0.25) is 13.1 Å². The van der Waals surface area contributed by atoms with Crippen molar-refractivity contribution in [2.24, 2.45) is 0 Å². The van der Waals surface area contributed by atoms with Gasteiger partial charge in [-0.1, -0.05) is 38.9 Å². The summed E-state index contributed by atoms with van der Waals surface area (Å²) in [5.41, 5.74) is 2.38. The van der Waals surface area contributed by atoms with E-state index in [4.69, 9.17) is 0 Å². The Balaban J connectivity index is 3.04. The molecule has 0 saturated carbocycles. The second kappa shape index (κ2) is 6.08. The largest absolute Gasteiger partial charge is 0.101 e. The van der Waals surface area contributed by atoms with E-state index in [0.29, 0.717) is 0 Å². The highest BCUT2D eigenvalue weighted by Gasteiger charge is 1.84. The Morgan fingerprint density at radius 3 is 2.44 bits per heavy atom. The molecule has 0 aromatic carbocycles. The molecule has 0 heterocycles. The van der Waals surface area contributed by atoms with Crippen molar-refractivity contribution < 1.29 is 0 Å². The zero-order chi connectivity index (χ0) is 7.11. The van der Waals surface area contributed by atoms with Crippen molar-refractivity contribution in [2.45, 2.75) is 39.3 Å². The molecule has 0 aliphatic carbocycles. The lowest BCUT2D eigenvalue weighted by atomic mass is 10.2. The smallest absolute Gasteiger partial charge is 0.0688 e. The lowest BCUT2D eigenvalue weighted by Crippen LogP contribution is -1.91. The van der Waals surface area contributed by atoms with E-state index in [1.54, 1.807) is 0 Å². The fraction of sp³-hybridized carbons (Fsp3) is 0.750. The topological polar surface area (TPSA) is 0 Å². The minimum atomic E-state index is -0.0957. The van der Waals surface area contributed by atoms with Crippen LogP contribution < -0.4 is 0 Å². The minimum absolute atomic E-state index is 0.0957. The first-order chi connectivity index (χ1) is 4.27. The summed E-state index contributed by atoms with van der Waals surface area (Å²) < 4.78 is 0. The highest BCUT2D eigenvalue weighted by molar-refractivity contribution is 6.61. The quantitative estimate of drug-likeness (QED) is 0.417. The van der Waals surface area contributed by atoms with Crippen LogP contribution in [0.25, 0.3) is 0 Å². The normalized spacial score (nSPS) is 11.6. The third kappa shape index (κ3) is 7.96. The lowest BCUT2D eigenvalue weighted by Gasteiger charge is -1.90. The predicted octanol–water partition coefficient (Wildman–Crippen LogP) is 3.03. The van der Waals surface area contributed by atoms with Gasteiger partial charge in [-0.3, -0.25) is 0 Å². The Morgan fingerprint density at radius 2 is 2.00 bits per heavy atom. The van der Waals surface area contributed by atoms with E-state index >= 15 is 0 Å². The van der Waals surface area contributed by atoms with Crippen molar-refractivity contribution >= 4 is 8.80 Å². The first kappa shape index (κ1) is 8.96. The Kier molecular flexibility index (Phi) is 6.05. The zero-order valence-electron chi connectivity index (χ0n) is 6.78. The molecule has 0 N–H and O–H groups in total. The van der Waals surface area contributed by atoms with Gasteiger partial charge in [-0.15, -0.1) is 5.70 Å². The maximum Gasteiger partial charge on any atom is 0.0688 e. The molecule has 0 fully saturated rings. The molecule has 0 amide bonds. The van der Waals surface area contributed by atoms with Gasteiger partial charge in [0.2, 0.25) is 0 Å². The van der Waals surface area contributed by atoms with Gasteiger partial charge in [-0.25, -0.2) is 0 Å². The standard InChI is InChI=1S/C8H17Si/c1-4-5-6-7-8-9(2)3/h7-8H,4-6H2,1-3H3. The van der Waals surface area contributed by atoms with E-state index in [-0.39, 0.29) is 8.80 Å². The molecule has 0 aliphatic rings. The lowest BCUT2D eigenvalue weighted by molar-refractivity contribution is 0.815. The molecule has 1 radical (unpaired) electrons. The molecule has 0 aliphatic heterocycles. The average molecular weight is 141 g/mol. The molecule has 0 aromatic rings. The summed E-state index contributed by atoms with van der Waals surface area (Å²) in [5, 5.41) is 0. The van der Waals surface area contributed by atoms with Crippen molar-refractivity contribution in [3.8, 4) is 0 Å². The van der Waals surface area contributed by atoms with E-state index in [0.717, 1.165) is 0 Å². The summed E-state index contributed by atoms with van der Waals surface area (Å²) in [4.78, 5) is 0. The molecular weight excluding hydrogens is 124 g/mol. The van der Waals surface area contributed by atoms with Crippen molar-refractivity contribution in [3.05, 3.63) is 11.8 Å². The van der Waals surface area contributed by atoms with Gasteiger partial charge in [0.05, 0.1) is 8.80 Å². The van der Waals surface area contributed by atoms with Crippen LogP contribution >= 0.6 is 0 Å². The molecule has 0 bridgehead atoms. The van der Waals surface area contributed by atoms with Gasteiger partial charge in [-0.05, 0) is 6.42 Å². The number of rotatable bonds is 4. The van der Waals surface area contributed by atoms with E-state index in [2.05, 4.69) is 31.8 Å². The first-order valence-electron chi connectivity index (χ1n) is 3.74. The molecular formula is C8H17Si. The van der Waals surface area contributed by atoms with Crippen molar-refractivity contribution in [1.82, 2.24) is 0 Å². The second-order valence-corrected chi connectivity index (χ2v) is 5.11. The van der Waals surface area contributed by atoms with Gasteiger partial charge in [0.1, 0.15) is 0 Å². The second-order valence-electron chi connectivity index (χ2n) is 2.62. The predicted molar refractivity (Wildman–Crippen MR) is 46.1 cm³/mol. The van der Waals surface area contributed by atoms with Crippen LogP contribution in [0.4, 0.5) is 0 Å². The third-order valence-electron chi connectivity index (χ3n) is 1.18. The van der Waals surface area contributed by atoms with E-state index in [9.17, 15) is 0 Å². The molecule has 0 saturated heterocycles. The molecule has 0 unspecified atom stereocenters. The highest BCUT2D eigenvalue weighted by Crippen LogP contribution is 1.95. The fourth-order valence-electron chi connectivity index (χ4n) is 0.641. The third-order valence-corrected chi connectivity index (χ3v) is 2.08. The van der Waals surface area contributed by atoms with Gasteiger partial charge in [0.25, 0.3) is 0 Å². The number of hydrogen-bond donors (Lipinski definition) is 0. The summed E-state index contributed by atoms with van der Waals surface area (Å²) in [6.07, 6.45) is 6.29. The Bertz CT molecular complexity index is 74.6. The van der Waals surface area contributed by atoms with Gasteiger partial charge >= 0.3 is 0 Å². The van der Waals surface area contributed by atoms with Gasteiger partial charge in [0.15, 0.2) is 0 Å². The molecule has 53 valence electrons. The molecule has 1 heteroatoms. The van der Waals surface area contributed by atoms with Crippen molar-refractivity contribution in [3.63, 3.8) is 0 Å². The van der Waals surface area contributed by atoms with Crippen molar-refractivity contribution in [2.75, 3.05) is 0 Å².